The highest BCUT2D eigenvalue weighted by Crippen LogP contribution is 2.27. The number of hydrogen-bond donors (Lipinski definition) is 1. The molecule has 1 heteroatoms. The molecule has 1 aliphatic rings. The van der Waals surface area contributed by atoms with E-state index in [2.05, 4.69) is 25.1 Å². The van der Waals surface area contributed by atoms with E-state index in [0.29, 0.717) is 0 Å². The zero-order valence-corrected chi connectivity index (χ0v) is 9.55. The fourth-order valence-corrected chi connectivity index (χ4v) is 2.38. The highest BCUT2D eigenvalue weighted by Gasteiger charge is 2.18. The van der Waals surface area contributed by atoms with Crippen molar-refractivity contribution in [2.75, 3.05) is 6.54 Å². The molecule has 0 saturated heterocycles. The van der Waals surface area contributed by atoms with Gasteiger partial charge >= 0.3 is 0 Å². The van der Waals surface area contributed by atoms with Gasteiger partial charge in [0.2, 0.25) is 0 Å². The molecule has 0 aliphatic heterocycles. The van der Waals surface area contributed by atoms with E-state index in [1.807, 2.05) is 0 Å². The fourth-order valence-electron chi connectivity index (χ4n) is 2.38. The first-order valence-electron chi connectivity index (χ1n) is 5.95. The van der Waals surface area contributed by atoms with Gasteiger partial charge in [0.05, 0.1) is 6.04 Å². The maximum absolute atomic E-state index is 5.41. The molecule has 1 N–H and O–H groups in total. The minimum absolute atomic E-state index is 0.284. The van der Waals surface area contributed by atoms with Crippen LogP contribution in [-0.2, 0) is 0 Å². The summed E-state index contributed by atoms with van der Waals surface area (Å²) >= 11 is 0. The molecular formula is C13H23N. The molecule has 1 rings (SSSR count). The van der Waals surface area contributed by atoms with Crippen LogP contribution in [0, 0.1) is 24.2 Å². The molecule has 1 saturated carbocycles. The lowest BCUT2D eigenvalue weighted by atomic mass is 9.82. The Hall–Kier alpha value is -0.480. The zero-order valence-electron chi connectivity index (χ0n) is 9.55. The van der Waals surface area contributed by atoms with Crippen LogP contribution in [0.25, 0.3) is 0 Å². The normalized spacial score (nSPS) is 29.5. The van der Waals surface area contributed by atoms with Crippen molar-refractivity contribution in [2.24, 2.45) is 11.8 Å². The largest absolute Gasteiger partial charge is 0.303 e. The molecule has 3 atom stereocenters. The lowest BCUT2D eigenvalue weighted by Crippen LogP contribution is -2.33. The number of terminal acetylenes is 1. The summed E-state index contributed by atoms with van der Waals surface area (Å²) in [6.45, 7) is 5.62. The Balaban J connectivity index is 2.20. The quantitative estimate of drug-likeness (QED) is 0.677. The maximum atomic E-state index is 5.41. The van der Waals surface area contributed by atoms with Crippen LogP contribution >= 0.6 is 0 Å². The van der Waals surface area contributed by atoms with Gasteiger partial charge in [-0.1, -0.05) is 32.6 Å². The van der Waals surface area contributed by atoms with Crippen molar-refractivity contribution in [2.45, 2.75) is 52.0 Å². The maximum Gasteiger partial charge on any atom is 0.0684 e. The van der Waals surface area contributed by atoms with E-state index in [1.165, 1.54) is 25.7 Å². The smallest absolute Gasteiger partial charge is 0.0684 e. The summed E-state index contributed by atoms with van der Waals surface area (Å²) in [6.07, 6.45) is 12.0. The summed E-state index contributed by atoms with van der Waals surface area (Å²) in [4.78, 5) is 0. The van der Waals surface area contributed by atoms with Crippen LogP contribution in [0.5, 0.6) is 0 Å². The van der Waals surface area contributed by atoms with Crippen molar-refractivity contribution in [3.63, 3.8) is 0 Å². The van der Waals surface area contributed by atoms with Crippen LogP contribution in [0.3, 0.4) is 0 Å². The van der Waals surface area contributed by atoms with Gasteiger partial charge in [-0.05, 0) is 37.6 Å². The van der Waals surface area contributed by atoms with Crippen LogP contribution in [0.15, 0.2) is 0 Å². The van der Waals surface area contributed by atoms with Gasteiger partial charge in [-0.3, -0.25) is 0 Å². The molecule has 1 nitrogen and oxygen atoms in total. The van der Waals surface area contributed by atoms with Crippen LogP contribution in [-0.4, -0.2) is 12.6 Å². The SMILES string of the molecule is C#CC(CC)NCC1CCCC(C)C1. The second-order valence-corrected chi connectivity index (χ2v) is 4.67. The van der Waals surface area contributed by atoms with Gasteiger partial charge in [-0.15, -0.1) is 6.42 Å². The Morgan fingerprint density at radius 2 is 2.29 bits per heavy atom. The van der Waals surface area contributed by atoms with Crippen molar-refractivity contribution in [3.05, 3.63) is 0 Å². The molecule has 0 heterocycles. The second kappa shape index (κ2) is 6.09. The van der Waals surface area contributed by atoms with E-state index in [0.717, 1.165) is 24.8 Å². The molecule has 0 spiro atoms. The van der Waals surface area contributed by atoms with Gasteiger partial charge in [-0.2, -0.15) is 0 Å². The molecule has 0 bridgehead atoms. The highest BCUT2D eigenvalue weighted by molar-refractivity contribution is 4.98. The van der Waals surface area contributed by atoms with Gasteiger partial charge in [0.1, 0.15) is 0 Å². The molecule has 0 amide bonds. The third kappa shape index (κ3) is 3.72. The van der Waals surface area contributed by atoms with Crippen molar-refractivity contribution >= 4 is 0 Å². The predicted molar refractivity (Wildman–Crippen MR) is 62.0 cm³/mol. The molecule has 0 radical (unpaired) electrons. The average Bonchev–Trinajstić information content (AvgIpc) is 2.19. The van der Waals surface area contributed by atoms with Crippen molar-refractivity contribution in [3.8, 4) is 12.3 Å². The molecule has 1 fully saturated rings. The van der Waals surface area contributed by atoms with Crippen LogP contribution < -0.4 is 5.32 Å². The molecular weight excluding hydrogens is 170 g/mol. The predicted octanol–water partition coefficient (Wildman–Crippen LogP) is 2.81. The lowest BCUT2D eigenvalue weighted by molar-refractivity contribution is 0.271. The second-order valence-electron chi connectivity index (χ2n) is 4.67. The highest BCUT2D eigenvalue weighted by atomic mass is 14.9. The van der Waals surface area contributed by atoms with E-state index >= 15 is 0 Å². The molecule has 0 aromatic carbocycles. The summed E-state index contributed by atoms with van der Waals surface area (Å²) in [6, 6.07) is 0.284. The van der Waals surface area contributed by atoms with Gasteiger partial charge in [-0.25, -0.2) is 0 Å². The van der Waals surface area contributed by atoms with Crippen LogP contribution in [0.2, 0.25) is 0 Å². The summed E-state index contributed by atoms with van der Waals surface area (Å²) in [5, 5.41) is 3.47. The first-order chi connectivity index (χ1) is 6.76. The summed E-state index contributed by atoms with van der Waals surface area (Å²) in [7, 11) is 0. The van der Waals surface area contributed by atoms with Crippen molar-refractivity contribution in [1.29, 1.82) is 0 Å². The Morgan fingerprint density at radius 1 is 1.50 bits per heavy atom. The Kier molecular flexibility index (Phi) is 5.04. The van der Waals surface area contributed by atoms with Crippen molar-refractivity contribution < 1.29 is 0 Å². The van der Waals surface area contributed by atoms with E-state index in [4.69, 9.17) is 6.42 Å². The Morgan fingerprint density at radius 3 is 2.86 bits per heavy atom. The summed E-state index contributed by atoms with van der Waals surface area (Å²) in [5.41, 5.74) is 0. The van der Waals surface area contributed by atoms with Gasteiger partial charge in [0, 0.05) is 0 Å². The van der Waals surface area contributed by atoms with E-state index in [9.17, 15) is 0 Å². The molecule has 0 aromatic heterocycles. The minimum Gasteiger partial charge on any atom is -0.303 e. The zero-order chi connectivity index (χ0) is 10.4. The van der Waals surface area contributed by atoms with E-state index in [1.54, 1.807) is 0 Å². The molecule has 3 unspecified atom stereocenters. The summed E-state index contributed by atoms with van der Waals surface area (Å²) < 4.78 is 0. The lowest BCUT2D eigenvalue weighted by Gasteiger charge is -2.27. The van der Waals surface area contributed by atoms with Gasteiger partial charge in [0.25, 0.3) is 0 Å². The van der Waals surface area contributed by atoms with Gasteiger partial charge in [0.15, 0.2) is 0 Å². The average molecular weight is 193 g/mol. The van der Waals surface area contributed by atoms with E-state index < -0.39 is 0 Å². The Labute approximate surface area is 88.7 Å². The summed E-state index contributed by atoms with van der Waals surface area (Å²) in [5.74, 6) is 4.57. The third-order valence-corrected chi connectivity index (χ3v) is 3.31. The minimum atomic E-state index is 0.284. The topological polar surface area (TPSA) is 12.0 Å². The number of hydrogen-bond acceptors (Lipinski definition) is 1. The first kappa shape index (κ1) is 11.6. The molecule has 14 heavy (non-hydrogen) atoms. The molecule has 1 aliphatic carbocycles. The molecule has 80 valence electrons. The van der Waals surface area contributed by atoms with Crippen LogP contribution in [0.1, 0.15) is 46.0 Å². The number of nitrogens with one attached hydrogen (secondary N) is 1. The standard InChI is InChI=1S/C13H23N/c1-4-13(5-2)14-10-12-8-6-7-11(3)9-12/h1,11-14H,5-10H2,2-3H3. The first-order valence-corrected chi connectivity index (χ1v) is 5.95. The molecule has 0 aromatic rings. The van der Waals surface area contributed by atoms with Crippen LogP contribution in [0.4, 0.5) is 0 Å². The van der Waals surface area contributed by atoms with E-state index in [-0.39, 0.29) is 6.04 Å². The fraction of sp³-hybridized carbons (Fsp3) is 0.846. The van der Waals surface area contributed by atoms with Crippen molar-refractivity contribution in [1.82, 2.24) is 5.32 Å². The Bertz CT molecular complexity index is 192. The monoisotopic (exact) mass is 193 g/mol. The number of rotatable bonds is 4. The van der Waals surface area contributed by atoms with Gasteiger partial charge < -0.3 is 5.32 Å². The third-order valence-electron chi connectivity index (χ3n) is 3.31.